The minimum absolute atomic E-state index is 0.0566. The maximum Gasteiger partial charge on any atom is 0.412 e. The zero-order chi connectivity index (χ0) is 22.5. The van der Waals surface area contributed by atoms with Crippen molar-refractivity contribution in [3.63, 3.8) is 0 Å². The van der Waals surface area contributed by atoms with Gasteiger partial charge in [0.15, 0.2) is 11.8 Å². The van der Waals surface area contributed by atoms with Gasteiger partial charge in [0.05, 0.1) is 18.8 Å². The quantitative estimate of drug-likeness (QED) is 0.781. The lowest BCUT2D eigenvalue weighted by Crippen LogP contribution is -2.58. The molecule has 7 nitrogen and oxygen atoms in total. The third kappa shape index (κ3) is 3.36. The number of carbonyl (C=O) groups is 2. The van der Waals surface area contributed by atoms with Crippen molar-refractivity contribution < 1.29 is 28.9 Å². The molecule has 2 saturated heterocycles. The van der Waals surface area contributed by atoms with Crippen LogP contribution in [0.3, 0.4) is 0 Å². The molecule has 0 saturated carbocycles. The van der Waals surface area contributed by atoms with Gasteiger partial charge in [0.2, 0.25) is 0 Å². The lowest BCUT2D eigenvalue weighted by Gasteiger charge is -2.44. The predicted octanol–water partition coefficient (Wildman–Crippen LogP) is 4.00. The molecule has 168 valence electrons. The standard InChI is InChI=1S/C25H27NO6/c1-15-11-25(12-16(2)32-15)26(22(14-31-25)23(27)28)24(29)30-13-21-19-9-5-3-7-17(19)18-8-4-6-10-20(18)21/h3-10,15-16,21-22H,11-14H2,1-2H3,(H,27,28)/t15-,16+,22?,25?. The van der Waals surface area contributed by atoms with Crippen LogP contribution in [0, 0.1) is 0 Å². The van der Waals surface area contributed by atoms with Crippen LogP contribution in [0.1, 0.15) is 43.7 Å². The highest BCUT2D eigenvalue weighted by Crippen LogP contribution is 2.45. The first-order valence-corrected chi connectivity index (χ1v) is 11.1. The van der Waals surface area contributed by atoms with E-state index in [1.54, 1.807) is 0 Å². The van der Waals surface area contributed by atoms with Crippen molar-refractivity contribution in [1.82, 2.24) is 4.90 Å². The molecule has 2 aliphatic heterocycles. The fraction of sp³-hybridized carbons (Fsp3) is 0.440. The van der Waals surface area contributed by atoms with E-state index in [0.29, 0.717) is 12.8 Å². The normalized spacial score (nSPS) is 29.1. The maximum absolute atomic E-state index is 13.3. The highest BCUT2D eigenvalue weighted by molar-refractivity contribution is 5.82. The smallest absolute Gasteiger partial charge is 0.412 e. The number of carboxylic acid groups (broad SMARTS) is 1. The zero-order valence-corrected chi connectivity index (χ0v) is 18.2. The van der Waals surface area contributed by atoms with Gasteiger partial charge in [-0.15, -0.1) is 0 Å². The van der Waals surface area contributed by atoms with Gasteiger partial charge in [0, 0.05) is 18.8 Å². The summed E-state index contributed by atoms with van der Waals surface area (Å²) in [7, 11) is 0. The second kappa shape index (κ2) is 7.90. The third-order valence-corrected chi connectivity index (χ3v) is 6.76. The number of carboxylic acids is 1. The fourth-order valence-corrected chi connectivity index (χ4v) is 5.59. The number of aliphatic carboxylic acids is 1. The Kier molecular flexibility index (Phi) is 5.18. The number of hydrogen-bond donors (Lipinski definition) is 1. The molecule has 2 heterocycles. The topological polar surface area (TPSA) is 85.3 Å². The summed E-state index contributed by atoms with van der Waals surface area (Å²) in [5, 5.41) is 9.76. The SMILES string of the molecule is C[C@@H]1CC2(C[C@H](C)O1)OCC(C(=O)O)N2C(=O)OCC1c2ccccc2-c2ccccc21. The summed E-state index contributed by atoms with van der Waals surface area (Å²) in [5.74, 6) is -1.19. The Balaban J connectivity index is 1.41. The van der Waals surface area contributed by atoms with E-state index >= 15 is 0 Å². The minimum atomic E-state index is -1.10. The Morgan fingerprint density at radius 1 is 1.03 bits per heavy atom. The van der Waals surface area contributed by atoms with Crippen LogP contribution in [0.5, 0.6) is 0 Å². The van der Waals surface area contributed by atoms with Crippen LogP contribution in [0.25, 0.3) is 11.1 Å². The number of carbonyl (C=O) groups excluding carboxylic acids is 1. The van der Waals surface area contributed by atoms with Crippen molar-refractivity contribution >= 4 is 12.1 Å². The summed E-state index contributed by atoms with van der Waals surface area (Å²) in [6.07, 6.45) is -0.153. The molecule has 32 heavy (non-hydrogen) atoms. The average molecular weight is 437 g/mol. The van der Waals surface area contributed by atoms with Crippen molar-refractivity contribution in [2.45, 2.75) is 56.6 Å². The van der Waals surface area contributed by atoms with E-state index in [1.807, 2.05) is 38.1 Å². The molecule has 4 atom stereocenters. The molecule has 0 radical (unpaired) electrons. The molecule has 2 aromatic rings. The molecule has 0 bridgehead atoms. The zero-order valence-electron chi connectivity index (χ0n) is 18.2. The summed E-state index contributed by atoms with van der Waals surface area (Å²) >= 11 is 0. The Morgan fingerprint density at radius 2 is 1.59 bits per heavy atom. The van der Waals surface area contributed by atoms with Crippen molar-refractivity contribution in [1.29, 1.82) is 0 Å². The highest BCUT2D eigenvalue weighted by Gasteiger charge is 2.56. The van der Waals surface area contributed by atoms with E-state index < -0.39 is 23.8 Å². The molecule has 2 fully saturated rings. The number of nitrogens with zero attached hydrogens (tertiary/aromatic N) is 1. The highest BCUT2D eigenvalue weighted by atomic mass is 16.6. The van der Waals surface area contributed by atoms with Gasteiger partial charge in [-0.05, 0) is 36.1 Å². The molecule has 2 aromatic carbocycles. The van der Waals surface area contributed by atoms with E-state index in [9.17, 15) is 14.7 Å². The molecule has 1 aliphatic carbocycles. The predicted molar refractivity (Wildman–Crippen MR) is 116 cm³/mol. The van der Waals surface area contributed by atoms with E-state index in [4.69, 9.17) is 14.2 Å². The van der Waals surface area contributed by atoms with Gasteiger partial charge >= 0.3 is 12.1 Å². The molecule has 3 aliphatic rings. The molecule has 1 spiro atoms. The van der Waals surface area contributed by atoms with E-state index in [-0.39, 0.29) is 31.3 Å². The largest absolute Gasteiger partial charge is 0.480 e. The van der Waals surface area contributed by atoms with Crippen LogP contribution in [0.15, 0.2) is 48.5 Å². The van der Waals surface area contributed by atoms with Crippen LogP contribution >= 0.6 is 0 Å². The minimum Gasteiger partial charge on any atom is -0.480 e. The molecule has 1 amide bonds. The summed E-state index contributed by atoms with van der Waals surface area (Å²) in [4.78, 5) is 26.6. The first-order chi connectivity index (χ1) is 15.4. The first-order valence-electron chi connectivity index (χ1n) is 11.1. The number of ether oxygens (including phenoxy) is 3. The fourth-order valence-electron chi connectivity index (χ4n) is 5.59. The molecule has 2 unspecified atom stereocenters. The molecular weight excluding hydrogens is 410 g/mol. The lowest BCUT2D eigenvalue weighted by molar-refractivity contribution is -0.182. The third-order valence-electron chi connectivity index (χ3n) is 6.76. The van der Waals surface area contributed by atoms with Crippen molar-refractivity contribution in [3.8, 4) is 11.1 Å². The van der Waals surface area contributed by atoms with Gasteiger partial charge in [0.25, 0.3) is 0 Å². The van der Waals surface area contributed by atoms with Crippen LogP contribution in [0.2, 0.25) is 0 Å². The first kappa shape index (κ1) is 21.0. The Labute approximate surface area is 186 Å². The molecule has 0 aromatic heterocycles. The van der Waals surface area contributed by atoms with Gasteiger partial charge in [-0.3, -0.25) is 4.90 Å². The van der Waals surface area contributed by atoms with E-state index in [1.165, 1.54) is 4.90 Å². The summed E-state index contributed by atoms with van der Waals surface area (Å²) in [6.45, 7) is 3.89. The van der Waals surface area contributed by atoms with Crippen LogP contribution in [0.4, 0.5) is 4.79 Å². The summed E-state index contributed by atoms with van der Waals surface area (Å²) in [6, 6.07) is 15.1. The van der Waals surface area contributed by atoms with Crippen molar-refractivity contribution in [2.24, 2.45) is 0 Å². The maximum atomic E-state index is 13.3. The summed E-state index contributed by atoms with van der Waals surface area (Å²) in [5.41, 5.74) is 3.47. The Bertz CT molecular complexity index is 997. The van der Waals surface area contributed by atoms with Crippen molar-refractivity contribution in [2.75, 3.05) is 13.2 Å². The van der Waals surface area contributed by atoms with Gasteiger partial charge in [-0.2, -0.15) is 0 Å². The number of benzene rings is 2. The Morgan fingerprint density at radius 3 is 2.16 bits per heavy atom. The van der Waals surface area contributed by atoms with Crippen LogP contribution in [-0.4, -0.2) is 59.3 Å². The van der Waals surface area contributed by atoms with Gasteiger partial charge in [-0.25, -0.2) is 9.59 Å². The number of amides is 1. The number of rotatable bonds is 3. The number of fused-ring (bicyclic) bond motifs is 3. The number of hydrogen-bond acceptors (Lipinski definition) is 5. The van der Waals surface area contributed by atoms with Gasteiger partial charge in [-0.1, -0.05) is 48.5 Å². The molecule has 5 rings (SSSR count). The molecule has 7 heteroatoms. The van der Waals surface area contributed by atoms with Gasteiger partial charge < -0.3 is 19.3 Å². The van der Waals surface area contributed by atoms with Crippen LogP contribution in [-0.2, 0) is 19.0 Å². The lowest BCUT2D eigenvalue weighted by atomic mass is 9.94. The summed E-state index contributed by atoms with van der Waals surface area (Å²) < 4.78 is 17.6. The molecule has 1 N–H and O–H groups in total. The van der Waals surface area contributed by atoms with E-state index in [2.05, 4.69) is 24.3 Å². The van der Waals surface area contributed by atoms with Crippen molar-refractivity contribution in [3.05, 3.63) is 59.7 Å². The average Bonchev–Trinajstić information content (AvgIpc) is 3.27. The monoisotopic (exact) mass is 437 g/mol. The van der Waals surface area contributed by atoms with E-state index in [0.717, 1.165) is 22.3 Å². The van der Waals surface area contributed by atoms with Crippen LogP contribution < -0.4 is 0 Å². The second-order valence-electron chi connectivity index (χ2n) is 8.95. The van der Waals surface area contributed by atoms with Gasteiger partial charge in [0.1, 0.15) is 6.61 Å². The second-order valence-corrected chi connectivity index (χ2v) is 8.95. The molecular formula is C25H27NO6. The Hall–Kier alpha value is -2.90.